The summed E-state index contributed by atoms with van der Waals surface area (Å²) in [5.41, 5.74) is 6.82. The lowest BCUT2D eigenvalue weighted by Gasteiger charge is -2.38. The quantitative estimate of drug-likeness (QED) is 0.688. The van der Waals surface area contributed by atoms with Crippen LogP contribution in [0.3, 0.4) is 0 Å². The van der Waals surface area contributed by atoms with Gasteiger partial charge in [0.05, 0.1) is 13.2 Å². The zero-order chi connectivity index (χ0) is 20.2. The molecule has 0 unspecified atom stereocenters. The summed E-state index contributed by atoms with van der Waals surface area (Å²) in [5.74, 6) is -0.802. The number of hydrogen-bond acceptors (Lipinski definition) is 5. The number of aliphatic hydroxyl groups is 1. The van der Waals surface area contributed by atoms with Crippen molar-refractivity contribution in [2.45, 2.75) is 46.0 Å². The highest BCUT2D eigenvalue weighted by atomic mass is 35.5. The van der Waals surface area contributed by atoms with Crippen LogP contribution in [0.1, 0.15) is 31.9 Å². The molecule has 2 rings (SSSR count). The highest BCUT2D eigenvalue weighted by molar-refractivity contribution is 6.30. The van der Waals surface area contributed by atoms with E-state index in [4.69, 9.17) is 22.1 Å². The summed E-state index contributed by atoms with van der Waals surface area (Å²) in [6.07, 6.45) is -1.19. The number of rotatable bonds is 5. The predicted octanol–water partition coefficient (Wildman–Crippen LogP) is 1.05. The molecule has 1 aliphatic rings. The number of amides is 2. The summed E-state index contributed by atoms with van der Waals surface area (Å²) in [6, 6.07) is 4.54. The predicted molar refractivity (Wildman–Crippen MR) is 103 cm³/mol. The molecule has 2 amide bonds. The van der Waals surface area contributed by atoms with Gasteiger partial charge in [-0.15, -0.1) is 0 Å². The molecule has 8 heteroatoms. The van der Waals surface area contributed by atoms with Gasteiger partial charge in [0.25, 0.3) is 5.91 Å². The molecule has 4 N–H and O–H groups in total. The number of morpholine rings is 1. The van der Waals surface area contributed by atoms with Crippen LogP contribution in [0.5, 0.6) is 0 Å². The lowest BCUT2D eigenvalue weighted by atomic mass is 9.88. The molecule has 0 aromatic heterocycles. The minimum atomic E-state index is -1.19. The fourth-order valence-corrected chi connectivity index (χ4v) is 3.07. The first-order valence-corrected chi connectivity index (χ1v) is 9.34. The Bertz CT molecular complexity index is 690. The fraction of sp³-hybridized carbons (Fsp3) is 0.579. The van der Waals surface area contributed by atoms with Gasteiger partial charge < -0.3 is 25.8 Å². The van der Waals surface area contributed by atoms with Gasteiger partial charge in [0.15, 0.2) is 0 Å². The molecular formula is C19H28ClN3O4. The van der Waals surface area contributed by atoms with E-state index in [0.29, 0.717) is 18.2 Å². The zero-order valence-corrected chi connectivity index (χ0v) is 16.8. The van der Waals surface area contributed by atoms with Crippen molar-refractivity contribution in [1.82, 2.24) is 10.2 Å². The molecule has 27 heavy (non-hydrogen) atoms. The molecular weight excluding hydrogens is 370 g/mol. The third-order valence-electron chi connectivity index (χ3n) is 4.61. The second kappa shape index (κ2) is 9.01. The smallest absolute Gasteiger partial charge is 0.252 e. The standard InChI is InChI=1S/C19H28ClN3O4/c1-19(2,3)16(24)18(26)23-6-7-27-11-15(23)17(25)22-10-13-8-14(20)5-4-12(13)9-21/h4-5,8,15-16,24H,6-7,9-11,21H2,1-3H3,(H,22,25)/t15-,16-/m0/s1. The van der Waals surface area contributed by atoms with Gasteiger partial charge in [-0.2, -0.15) is 0 Å². The van der Waals surface area contributed by atoms with Gasteiger partial charge in [0.2, 0.25) is 5.91 Å². The van der Waals surface area contributed by atoms with Crippen LogP contribution < -0.4 is 11.1 Å². The number of benzene rings is 1. The topological polar surface area (TPSA) is 105 Å². The second-order valence-corrected chi connectivity index (χ2v) is 8.16. The maximum Gasteiger partial charge on any atom is 0.252 e. The van der Waals surface area contributed by atoms with Crippen LogP contribution >= 0.6 is 11.6 Å². The minimum Gasteiger partial charge on any atom is -0.383 e. The lowest BCUT2D eigenvalue weighted by molar-refractivity contribution is -0.159. The van der Waals surface area contributed by atoms with Crippen LogP contribution in [0.25, 0.3) is 0 Å². The van der Waals surface area contributed by atoms with Gasteiger partial charge in [0, 0.05) is 24.7 Å². The van der Waals surface area contributed by atoms with Crippen molar-refractivity contribution >= 4 is 23.4 Å². The fourth-order valence-electron chi connectivity index (χ4n) is 2.87. The summed E-state index contributed by atoms with van der Waals surface area (Å²) in [6.45, 7) is 6.58. The monoisotopic (exact) mass is 397 g/mol. The van der Waals surface area contributed by atoms with Crippen molar-refractivity contribution in [3.63, 3.8) is 0 Å². The average molecular weight is 398 g/mol. The van der Waals surface area contributed by atoms with Gasteiger partial charge >= 0.3 is 0 Å². The zero-order valence-electron chi connectivity index (χ0n) is 16.0. The Balaban J connectivity index is 2.09. The SMILES string of the molecule is CC(C)(C)[C@@H](O)C(=O)N1CCOC[C@H]1C(=O)NCc1cc(Cl)ccc1CN. The van der Waals surface area contributed by atoms with Crippen molar-refractivity contribution in [1.29, 1.82) is 0 Å². The number of ether oxygens (including phenoxy) is 1. The molecule has 1 heterocycles. The molecule has 7 nitrogen and oxygen atoms in total. The van der Waals surface area contributed by atoms with Gasteiger partial charge in [-0.25, -0.2) is 0 Å². The van der Waals surface area contributed by atoms with Gasteiger partial charge in [0.1, 0.15) is 12.1 Å². The van der Waals surface area contributed by atoms with E-state index >= 15 is 0 Å². The molecule has 1 saturated heterocycles. The Labute approximate surface area is 164 Å². The Morgan fingerprint density at radius 1 is 1.41 bits per heavy atom. The van der Waals surface area contributed by atoms with Crippen LogP contribution in [0, 0.1) is 5.41 Å². The van der Waals surface area contributed by atoms with E-state index in [9.17, 15) is 14.7 Å². The summed E-state index contributed by atoms with van der Waals surface area (Å²) in [5, 5.41) is 13.7. The van der Waals surface area contributed by atoms with E-state index in [1.807, 2.05) is 6.07 Å². The molecule has 1 aromatic rings. The molecule has 0 aliphatic carbocycles. The van der Waals surface area contributed by atoms with Crippen LogP contribution in [0.2, 0.25) is 5.02 Å². The number of aliphatic hydroxyl groups excluding tert-OH is 1. The molecule has 0 spiro atoms. The van der Waals surface area contributed by atoms with Crippen molar-refractivity contribution < 1.29 is 19.4 Å². The number of carbonyl (C=O) groups excluding carboxylic acids is 2. The normalized spacial score (nSPS) is 18.9. The minimum absolute atomic E-state index is 0.0910. The van der Waals surface area contributed by atoms with Crippen molar-refractivity contribution in [2.75, 3.05) is 19.8 Å². The Morgan fingerprint density at radius 3 is 2.74 bits per heavy atom. The van der Waals surface area contributed by atoms with Crippen molar-refractivity contribution in [3.8, 4) is 0 Å². The number of hydrogen-bond donors (Lipinski definition) is 3. The molecule has 1 fully saturated rings. The first-order valence-electron chi connectivity index (χ1n) is 8.96. The summed E-state index contributed by atoms with van der Waals surface area (Å²) >= 11 is 6.03. The molecule has 1 aromatic carbocycles. The maximum absolute atomic E-state index is 12.7. The second-order valence-electron chi connectivity index (χ2n) is 7.73. The van der Waals surface area contributed by atoms with E-state index in [1.54, 1.807) is 32.9 Å². The number of nitrogens with two attached hydrogens (primary N) is 1. The third-order valence-corrected chi connectivity index (χ3v) is 4.84. The molecule has 1 aliphatic heterocycles. The highest BCUT2D eigenvalue weighted by Crippen LogP contribution is 2.23. The van der Waals surface area contributed by atoms with E-state index < -0.39 is 23.5 Å². The van der Waals surface area contributed by atoms with E-state index in [2.05, 4.69) is 5.32 Å². The summed E-state index contributed by atoms with van der Waals surface area (Å²) in [7, 11) is 0. The van der Waals surface area contributed by atoms with Crippen LogP contribution in [-0.2, 0) is 27.4 Å². The van der Waals surface area contributed by atoms with E-state index in [-0.39, 0.29) is 25.6 Å². The molecule has 2 atom stereocenters. The number of halogens is 1. The largest absolute Gasteiger partial charge is 0.383 e. The van der Waals surface area contributed by atoms with E-state index in [0.717, 1.165) is 11.1 Å². The number of carbonyl (C=O) groups is 2. The Morgan fingerprint density at radius 2 is 2.11 bits per heavy atom. The van der Waals surface area contributed by atoms with Crippen LogP contribution in [0.15, 0.2) is 18.2 Å². The summed E-state index contributed by atoms with van der Waals surface area (Å²) < 4.78 is 5.39. The van der Waals surface area contributed by atoms with E-state index in [1.165, 1.54) is 4.90 Å². The van der Waals surface area contributed by atoms with Crippen LogP contribution in [0.4, 0.5) is 0 Å². The molecule has 0 bridgehead atoms. The maximum atomic E-state index is 12.7. The number of nitrogens with zero attached hydrogens (tertiary/aromatic N) is 1. The lowest BCUT2D eigenvalue weighted by Crippen LogP contribution is -2.59. The molecule has 150 valence electrons. The first-order chi connectivity index (χ1) is 12.6. The van der Waals surface area contributed by atoms with Crippen LogP contribution in [-0.4, -0.2) is 53.7 Å². The van der Waals surface area contributed by atoms with Crippen molar-refractivity contribution in [2.24, 2.45) is 11.1 Å². The van der Waals surface area contributed by atoms with Gasteiger partial charge in [-0.05, 0) is 28.7 Å². The highest BCUT2D eigenvalue weighted by Gasteiger charge is 2.39. The number of nitrogens with one attached hydrogen (secondary N) is 1. The van der Waals surface area contributed by atoms with Crippen molar-refractivity contribution in [3.05, 3.63) is 34.3 Å². The Kier molecular flexibility index (Phi) is 7.22. The third kappa shape index (κ3) is 5.42. The Hall–Kier alpha value is -1.67. The first kappa shape index (κ1) is 21.6. The summed E-state index contributed by atoms with van der Waals surface area (Å²) in [4.78, 5) is 26.8. The molecule has 0 radical (unpaired) electrons. The molecule has 0 saturated carbocycles. The average Bonchev–Trinajstić information content (AvgIpc) is 2.64. The van der Waals surface area contributed by atoms with Gasteiger partial charge in [-0.3, -0.25) is 9.59 Å². The van der Waals surface area contributed by atoms with Gasteiger partial charge in [-0.1, -0.05) is 38.4 Å².